The highest BCUT2D eigenvalue weighted by Crippen LogP contribution is 2.66. The van der Waals surface area contributed by atoms with Gasteiger partial charge in [0.2, 0.25) is 5.91 Å². The molecule has 33 heavy (non-hydrogen) atoms. The van der Waals surface area contributed by atoms with E-state index >= 15 is 0 Å². The van der Waals surface area contributed by atoms with Crippen LogP contribution in [0.1, 0.15) is 25.3 Å². The van der Waals surface area contributed by atoms with Gasteiger partial charge in [0.25, 0.3) is 5.91 Å². The molecule has 0 radical (unpaired) electrons. The van der Waals surface area contributed by atoms with Gasteiger partial charge < -0.3 is 19.6 Å². The molecule has 0 aromatic heterocycles. The fourth-order valence-corrected chi connectivity index (χ4v) is 8.34. The largest absolute Gasteiger partial charge is 0.466 e. The second-order valence-corrected chi connectivity index (χ2v) is 10.7. The van der Waals surface area contributed by atoms with Crippen LogP contribution >= 0.6 is 23.4 Å². The minimum atomic E-state index is -0.813. The Balaban J connectivity index is 1.79. The number of aryl methyl sites for hydroxylation is 1. The highest BCUT2D eigenvalue weighted by molar-refractivity contribution is 8.02. The maximum absolute atomic E-state index is 14.2. The molecule has 3 saturated heterocycles. The van der Waals surface area contributed by atoms with E-state index in [9.17, 15) is 19.5 Å². The standard InChI is InChI=1S/C24H29ClN2O5S/c1-4-11-26(19-14(3)7-6-8-15(19)25)22(30)20-24-10-9-16(33-24)17(23(31)32-5-2)18(24)21(29)27(20)12-13-28/h4,6-8,16-18,20,28H,1,5,9-13H2,2-3H3/t16-,17+,18-,20?,24?/m0/s1. The summed E-state index contributed by atoms with van der Waals surface area (Å²) < 4.78 is 4.57. The number of anilines is 1. The number of rotatable bonds is 8. The second-order valence-electron chi connectivity index (χ2n) is 8.71. The van der Waals surface area contributed by atoms with Gasteiger partial charge in [0, 0.05) is 18.3 Å². The van der Waals surface area contributed by atoms with Gasteiger partial charge in [-0.25, -0.2) is 0 Å². The predicted molar refractivity (Wildman–Crippen MR) is 128 cm³/mol. The van der Waals surface area contributed by atoms with Gasteiger partial charge in [-0.15, -0.1) is 18.3 Å². The number of thioether (sulfide) groups is 1. The first-order valence-electron chi connectivity index (χ1n) is 11.3. The fourth-order valence-electron chi connectivity index (χ4n) is 5.82. The summed E-state index contributed by atoms with van der Waals surface area (Å²) in [7, 11) is 0. The van der Waals surface area contributed by atoms with Crippen molar-refractivity contribution in [3.8, 4) is 0 Å². The third kappa shape index (κ3) is 3.67. The zero-order valence-electron chi connectivity index (χ0n) is 18.8. The Hall–Kier alpha value is -2.03. The number of amides is 2. The number of para-hydroxylation sites is 1. The Labute approximate surface area is 203 Å². The topological polar surface area (TPSA) is 87.2 Å². The van der Waals surface area contributed by atoms with Gasteiger partial charge in [-0.05, 0) is 38.3 Å². The van der Waals surface area contributed by atoms with Crippen LogP contribution in [0.3, 0.4) is 0 Å². The van der Waals surface area contributed by atoms with Crippen LogP contribution < -0.4 is 4.90 Å². The minimum absolute atomic E-state index is 0.0255. The lowest BCUT2D eigenvalue weighted by atomic mass is 9.71. The van der Waals surface area contributed by atoms with E-state index in [0.717, 1.165) is 12.0 Å². The summed E-state index contributed by atoms with van der Waals surface area (Å²) in [5, 5.41) is 10.1. The van der Waals surface area contributed by atoms with Crippen LogP contribution in [0.5, 0.6) is 0 Å². The highest BCUT2D eigenvalue weighted by atomic mass is 35.5. The van der Waals surface area contributed by atoms with Gasteiger partial charge in [-0.3, -0.25) is 14.4 Å². The molecule has 178 valence electrons. The van der Waals surface area contributed by atoms with Crippen LogP contribution in [0.15, 0.2) is 30.9 Å². The Morgan fingerprint density at radius 1 is 1.45 bits per heavy atom. The molecule has 1 N–H and O–H groups in total. The van der Waals surface area contributed by atoms with Crippen LogP contribution in [-0.4, -0.2) is 70.1 Å². The molecule has 3 aliphatic rings. The van der Waals surface area contributed by atoms with E-state index in [2.05, 4.69) is 6.58 Å². The molecule has 3 aliphatic heterocycles. The summed E-state index contributed by atoms with van der Waals surface area (Å²) in [6.07, 6.45) is 3.02. The molecule has 0 aliphatic carbocycles. The van der Waals surface area contributed by atoms with Crippen molar-refractivity contribution in [2.45, 2.75) is 42.7 Å². The third-order valence-electron chi connectivity index (χ3n) is 6.97. The number of carbonyl (C=O) groups excluding carboxylic acids is 3. The van der Waals surface area contributed by atoms with Gasteiger partial charge in [0.1, 0.15) is 6.04 Å². The molecule has 7 nitrogen and oxygen atoms in total. The van der Waals surface area contributed by atoms with Crippen molar-refractivity contribution >= 4 is 46.8 Å². The number of hydrogen-bond acceptors (Lipinski definition) is 6. The van der Waals surface area contributed by atoms with Crippen molar-refractivity contribution in [1.29, 1.82) is 0 Å². The van der Waals surface area contributed by atoms with Crippen LogP contribution in [0.4, 0.5) is 5.69 Å². The fraction of sp³-hybridized carbons (Fsp3) is 0.542. The lowest BCUT2D eigenvalue weighted by Gasteiger charge is -2.37. The number of likely N-dealkylation sites (tertiary alicyclic amines) is 1. The number of aliphatic hydroxyl groups is 1. The van der Waals surface area contributed by atoms with E-state index < -0.39 is 22.6 Å². The molecule has 1 spiro atoms. The van der Waals surface area contributed by atoms with Crippen molar-refractivity contribution < 1.29 is 24.2 Å². The average molecular weight is 493 g/mol. The first-order valence-corrected chi connectivity index (χ1v) is 12.5. The predicted octanol–water partition coefficient (Wildman–Crippen LogP) is 2.81. The van der Waals surface area contributed by atoms with Crippen molar-refractivity contribution in [3.05, 3.63) is 41.4 Å². The smallest absolute Gasteiger partial charge is 0.310 e. The molecule has 1 aromatic carbocycles. The Morgan fingerprint density at radius 3 is 2.85 bits per heavy atom. The van der Waals surface area contributed by atoms with E-state index in [-0.39, 0.29) is 49.3 Å². The first-order chi connectivity index (χ1) is 15.8. The molecule has 3 fully saturated rings. The van der Waals surface area contributed by atoms with E-state index in [1.54, 1.807) is 35.7 Å². The number of nitrogens with zero attached hydrogens (tertiary/aromatic N) is 2. The number of benzene rings is 1. The molecular formula is C24H29ClN2O5S. The van der Waals surface area contributed by atoms with Crippen LogP contribution in [0.2, 0.25) is 5.02 Å². The maximum atomic E-state index is 14.2. The number of carbonyl (C=O) groups is 3. The van der Waals surface area contributed by atoms with E-state index in [0.29, 0.717) is 17.1 Å². The maximum Gasteiger partial charge on any atom is 0.310 e. The van der Waals surface area contributed by atoms with Crippen molar-refractivity contribution in [1.82, 2.24) is 4.90 Å². The average Bonchev–Trinajstić information content (AvgIpc) is 3.41. The molecule has 0 saturated carbocycles. The van der Waals surface area contributed by atoms with Gasteiger partial charge in [-0.2, -0.15) is 0 Å². The lowest BCUT2D eigenvalue weighted by molar-refractivity contribution is -0.153. The number of ether oxygens (including phenoxy) is 1. The molecule has 1 aromatic rings. The van der Waals surface area contributed by atoms with Gasteiger partial charge in [-0.1, -0.05) is 29.8 Å². The Kier molecular flexibility index (Phi) is 6.80. The van der Waals surface area contributed by atoms with Crippen molar-refractivity contribution in [3.63, 3.8) is 0 Å². The van der Waals surface area contributed by atoms with Gasteiger partial charge in [0.05, 0.1) is 40.5 Å². The number of hydrogen-bond donors (Lipinski definition) is 1. The number of aliphatic hydroxyl groups excluding tert-OH is 1. The molecule has 2 unspecified atom stereocenters. The number of β-amino-alcohol motifs (C(OH)–C–C–N with tert-alkyl or cyclic N) is 1. The molecule has 4 rings (SSSR count). The van der Waals surface area contributed by atoms with Gasteiger partial charge >= 0.3 is 5.97 Å². The van der Waals surface area contributed by atoms with E-state index in [4.69, 9.17) is 16.3 Å². The monoisotopic (exact) mass is 492 g/mol. The number of fused-ring (bicyclic) bond motifs is 1. The number of esters is 1. The number of halogens is 1. The molecular weight excluding hydrogens is 464 g/mol. The minimum Gasteiger partial charge on any atom is -0.466 e. The van der Waals surface area contributed by atoms with Crippen LogP contribution in [0.25, 0.3) is 0 Å². The SMILES string of the molecule is C=CCN(C(=O)C1N(CCO)C(=O)[C@@H]2[C@H](C(=O)OCC)[C@@H]3CCC12S3)c1c(C)cccc1Cl. The van der Waals surface area contributed by atoms with Crippen LogP contribution in [-0.2, 0) is 19.1 Å². The highest BCUT2D eigenvalue weighted by Gasteiger charge is 2.74. The summed E-state index contributed by atoms with van der Waals surface area (Å²) in [6.45, 7) is 7.64. The quantitative estimate of drug-likeness (QED) is 0.443. The summed E-state index contributed by atoms with van der Waals surface area (Å²) in [5.74, 6) is -2.13. The molecule has 2 amide bonds. The Bertz CT molecular complexity index is 967. The van der Waals surface area contributed by atoms with Gasteiger partial charge in [0.15, 0.2) is 0 Å². The molecule has 3 heterocycles. The summed E-state index contributed by atoms with van der Waals surface area (Å²) in [5.41, 5.74) is 1.41. The zero-order chi connectivity index (χ0) is 23.9. The zero-order valence-corrected chi connectivity index (χ0v) is 20.4. The van der Waals surface area contributed by atoms with Crippen molar-refractivity contribution in [2.75, 3.05) is 31.2 Å². The Morgan fingerprint density at radius 2 is 2.21 bits per heavy atom. The molecule has 2 bridgehead atoms. The summed E-state index contributed by atoms with van der Waals surface area (Å²) in [4.78, 5) is 43.7. The van der Waals surface area contributed by atoms with Crippen LogP contribution in [0, 0.1) is 18.8 Å². The van der Waals surface area contributed by atoms with E-state index in [1.165, 1.54) is 4.90 Å². The molecule has 9 heteroatoms. The summed E-state index contributed by atoms with van der Waals surface area (Å²) >= 11 is 8.08. The first kappa shape index (κ1) is 24.1. The second kappa shape index (κ2) is 9.31. The third-order valence-corrected chi connectivity index (χ3v) is 9.23. The lowest BCUT2D eigenvalue weighted by Crippen LogP contribution is -2.55. The normalized spacial score (nSPS) is 29.8. The molecule has 5 atom stereocenters. The summed E-state index contributed by atoms with van der Waals surface area (Å²) in [6, 6.07) is 4.62. The van der Waals surface area contributed by atoms with E-state index in [1.807, 2.05) is 19.1 Å². The van der Waals surface area contributed by atoms with Crippen molar-refractivity contribution in [2.24, 2.45) is 11.8 Å².